The first-order valence-electron chi connectivity index (χ1n) is 10.5. The number of carbonyl (C=O) groups is 1. The van der Waals surface area contributed by atoms with Crippen molar-refractivity contribution in [2.45, 2.75) is 50.9 Å². The molecule has 1 amide bonds. The van der Waals surface area contributed by atoms with Crippen LogP contribution >= 0.6 is 0 Å². The van der Waals surface area contributed by atoms with E-state index < -0.39 is 0 Å². The van der Waals surface area contributed by atoms with Crippen LogP contribution in [0.2, 0.25) is 0 Å². The number of aromatic nitrogens is 2. The lowest BCUT2D eigenvalue weighted by atomic mass is 9.75. The molecule has 1 fully saturated rings. The topological polar surface area (TPSA) is 57.8 Å². The van der Waals surface area contributed by atoms with E-state index in [4.69, 9.17) is 0 Å². The van der Waals surface area contributed by atoms with Gasteiger partial charge in [0.05, 0.1) is 0 Å². The molecule has 0 aliphatic heterocycles. The van der Waals surface area contributed by atoms with Crippen molar-refractivity contribution in [3.05, 3.63) is 66.1 Å². The molecule has 1 aromatic carbocycles. The molecule has 2 N–H and O–H groups in total. The summed E-state index contributed by atoms with van der Waals surface area (Å²) in [6, 6.07) is 14.3. The Morgan fingerprint density at radius 1 is 1.11 bits per heavy atom. The van der Waals surface area contributed by atoms with Gasteiger partial charge in [-0.3, -0.25) is 9.78 Å². The Morgan fingerprint density at radius 2 is 1.93 bits per heavy atom. The third-order valence-corrected chi connectivity index (χ3v) is 6.07. The minimum absolute atomic E-state index is 0.150. The van der Waals surface area contributed by atoms with Gasteiger partial charge in [-0.1, -0.05) is 43.5 Å². The number of fused-ring (bicyclic) bond motifs is 1. The number of hydrogen-bond donors (Lipinski definition) is 2. The maximum Gasteiger partial charge on any atom is 0.220 e. The first-order valence-corrected chi connectivity index (χ1v) is 10.5. The van der Waals surface area contributed by atoms with Gasteiger partial charge in [0, 0.05) is 48.4 Å². The molecule has 4 nitrogen and oxygen atoms in total. The van der Waals surface area contributed by atoms with E-state index in [1.807, 2.05) is 18.2 Å². The Bertz CT molecular complexity index is 896. The van der Waals surface area contributed by atoms with E-state index in [9.17, 15) is 4.79 Å². The van der Waals surface area contributed by atoms with Crippen molar-refractivity contribution in [3.8, 4) is 0 Å². The highest BCUT2D eigenvalue weighted by Gasteiger charge is 2.28. The summed E-state index contributed by atoms with van der Waals surface area (Å²) in [5, 5.41) is 4.38. The quantitative estimate of drug-likeness (QED) is 0.612. The molecule has 1 aliphatic carbocycles. The number of para-hydroxylation sites is 1. The third-order valence-electron chi connectivity index (χ3n) is 6.07. The maximum absolute atomic E-state index is 12.8. The molecule has 0 bridgehead atoms. The van der Waals surface area contributed by atoms with Crippen LogP contribution in [0.25, 0.3) is 10.9 Å². The van der Waals surface area contributed by atoms with Crippen LogP contribution in [-0.4, -0.2) is 22.4 Å². The predicted molar refractivity (Wildman–Crippen MR) is 113 cm³/mol. The lowest BCUT2D eigenvalue weighted by Crippen LogP contribution is -2.29. The van der Waals surface area contributed by atoms with Gasteiger partial charge in [-0.15, -0.1) is 0 Å². The number of pyridine rings is 1. The van der Waals surface area contributed by atoms with Crippen LogP contribution in [0.1, 0.15) is 55.7 Å². The summed E-state index contributed by atoms with van der Waals surface area (Å²) in [6.07, 6.45) is 11.6. The molecule has 0 spiro atoms. The number of H-pyrrole nitrogens is 1. The predicted octanol–water partition coefficient (Wildman–Crippen LogP) is 4.98. The molecule has 0 unspecified atom stereocenters. The Morgan fingerprint density at radius 3 is 2.75 bits per heavy atom. The number of nitrogens with one attached hydrogen (secondary N) is 2. The van der Waals surface area contributed by atoms with Crippen molar-refractivity contribution in [1.29, 1.82) is 0 Å². The van der Waals surface area contributed by atoms with Crippen LogP contribution in [0.3, 0.4) is 0 Å². The van der Waals surface area contributed by atoms with Crippen molar-refractivity contribution in [1.82, 2.24) is 15.3 Å². The van der Waals surface area contributed by atoms with Crippen molar-refractivity contribution in [2.24, 2.45) is 5.92 Å². The summed E-state index contributed by atoms with van der Waals surface area (Å²) in [5.74, 6) is 1.03. The lowest BCUT2D eigenvalue weighted by Gasteiger charge is -2.30. The van der Waals surface area contributed by atoms with E-state index in [0.29, 0.717) is 18.9 Å². The smallest absolute Gasteiger partial charge is 0.220 e. The van der Waals surface area contributed by atoms with Crippen LogP contribution in [-0.2, 0) is 11.2 Å². The highest BCUT2D eigenvalue weighted by Crippen LogP contribution is 2.40. The monoisotopic (exact) mass is 375 g/mol. The number of carbonyl (C=O) groups excluding carboxylic acids is 1. The highest BCUT2D eigenvalue weighted by atomic mass is 16.1. The average Bonchev–Trinajstić information content (AvgIpc) is 3.17. The van der Waals surface area contributed by atoms with Gasteiger partial charge in [-0.2, -0.15) is 0 Å². The van der Waals surface area contributed by atoms with Gasteiger partial charge in [-0.05, 0) is 48.4 Å². The van der Waals surface area contributed by atoms with Crippen LogP contribution in [0.5, 0.6) is 0 Å². The van der Waals surface area contributed by atoms with E-state index >= 15 is 0 Å². The molecule has 1 aliphatic rings. The van der Waals surface area contributed by atoms with E-state index in [-0.39, 0.29) is 11.8 Å². The van der Waals surface area contributed by atoms with Crippen molar-refractivity contribution >= 4 is 16.8 Å². The average molecular weight is 376 g/mol. The zero-order valence-corrected chi connectivity index (χ0v) is 16.4. The molecule has 0 radical (unpaired) electrons. The molecule has 4 heteroatoms. The zero-order chi connectivity index (χ0) is 19.2. The van der Waals surface area contributed by atoms with Crippen molar-refractivity contribution in [3.63, 3.8) is 0 Å². The number of benzene rings is 1. The molecular formula is C24H29N3O. The fraction of sp³-hybridized carbons (Fsp3) is 0.417. The largest absolute Gasteiger partial charge is 0.361 e. The Balaban J connectivity index is 1.45. The van der Waals surface area contributed by atoms with Gasteiger partial charge in [0.2, 0.25) is 5.91 Å². The second-order valence-corrected chi connectivity index (χ2v) is 7.92. The molecule has 3 aromatic rings. The minimum Gasteiger partial charge on any atom is -0.361 e. The van der Waals surface area contributed by atoms with Gasteiger partial charge < -0.3 is 10.3 Å². The zero-order valence-electron chi connectivity index (χ0n) is 16.4. The summed E-state index contributed by atoms with van der Waals surface area (Å²) in [5.41, 5.74) is 3.49. The molecule has 1 atom stereocenters. The summed E-state index contributed by atoms with van der Waals surface area (Å²) < 4.78 is 0. The second kappa shape index (κ2) is 9.05. The number of amides is 1. The standard InChI is InChI=1S/C24H29N3O/c28-24(26-15-13-19-10-6-7-14-25-19)16-21(18-8-2-1-3-9-18)22-17-27-23-12-5-4-11-20(22)23/h4-7,10-12,14,17-18,21,27H,1-3,8-9,13,15-16H2,(H,26,28)/t21-/m1/s1. The Labute approximate surface area is 166 Å². The van der Waals surface area contributed by atoms with Gasteiger partial charge in [0.15, 0.2) is 0 Å². The molecular weight excluding hydrogens is 346 g/mol. The summed E-state index contributed by atoms with van der Waals surface area (Å²) in [4.78, 5) is 20.5. The fourth-order valence-electron chi connectivity index (χ4n) is 4.62. The molecule has 2 heterocycles. The second-order valence-electron chi connectivity index (χ2n) is 7.92. The Hall–Kier alpha value is -2.62. The number of hydrogen-bond acceptors (Lipinski definition) is 2. The van der Waals surface area contributed by atoms with E-state index in [1.54, 1.807) is 6.20 Å². The summed E-state index contributed by atoms with van der Waals surface area (Å²) >= 11 is 0. The maximum atomic E-state index is 12.8. The van der Waals surface area contributed by atoms with E-state index in [2.05, 4.69) is 45.7 Å². The van der Waals surface area contributed by atoms with E-state index in [1.165, 1.54) is 43.1 Å². The van der Waals surface area contributed by atoms with Gasteiger partial charge >= 0.3 is 0 Å². The van der Waals surface area contributed by atoms with E-state index in [0.717, 1.165) is 17.6 Å². The minimum atomic E-state index is 0.150. The number of nitrogens with zero attached hydrogens (tertiary/aromatic N) is 1. The van der Waals surface area contributed by atoms with Crippen molar-refractivity contribution in [2.75, 3.05) is 6.54 Å². The van der Waals surface area contributed by atoms with Crippen LogP contribution < -0.4 is 5.32 Å². The fourth-order valence-corrected chi connectivity index (χ4v) is 4.62. The molecule has 4 rings (SSSR count). The number of rotatable bonds is 7. The summed E-state index contributed by atoms with van der Waals surface area (Å²) in [7, 11) is 0. The van der Waals surface area contributed by atoms with Crippen LogP contribution in [0, 0.1) is 5.92 Å². The van der Waals surface area contributed by atoms with Gasteiger partial charge in [0.1, 0.15) is 0 Å². The molecule has 146 valence electrons. The SMILES string of the molecule is O=C(C[C@@H](c1c[nH]c2ccccc12)C1CCCCC1)NCCc1ccccn1. The van der Waals surface area contributed by atoms with Crippen LogP contribution in [0.15, 0.2) is 54.9 Å². The Kier molecular flexibility index (Phi) is 6.05. The normalized spacial score (nSPS) is 16.1. The van der Waals surface area contributed by atoms with Crippen LogP contribution in [0.4, 0.5) is 0 Å². The third kappa shape index (κ3) is 4.44. The van der Waals surface area contributed by atoms with Gasteiger partial charge in [0.25, 0.3) is 0 Å². The first kappa shape index (κ1) is 18.7. The van der Waals surface area contributed by atoms with Crippen molar-refractivity contribution < 1.29 is 4.79 Å². The summed E-state index contributed by atoms with van der Waals surface area (Å²) in [6.45, 7) is 0.640. The molecule has 2 aromatic heterocycles. The first-order chi connectivity index (χ1) is 13.8. The molecule has 1 saturated carbocycles. The highest BCUT2D eigenvalue weighted by molar-refractivity contribution is 5.85. The van der Waals surface area contributed by atoms with Gasteiger partial charge in [-0.25, -0.2) is 0 Å². The number of aromatic amines is 1. The lowest BCUT2D eigenvalue weighted by molar-refractivity contribution is -0.121. The molecule has 0 saturated heterocycles. The molecule has 28 heavy (non-hydrogen) atoms.